The fraction of sp³-hybridized carbons (Fsp3) is 1.00. The van der Waals surface area contributed by atoms with E-state index in [-0.39, 0.29) is 5.54 Å². The first-order chi connectivity index (χ1) is 7.79. The smallest absolute Gasteiger partial charge is 0.0339 e. The van der Waals surface area contributed by atoms with E-state index in [0.717, 1.165) is 13.1 Å². The third kappa shape index (κ3) is 4.97. The topological polar surface area (TPSA) is 29.3 Å². The van der Waals surface area contributed by atoms with Gasteiger partial charge in [0.25, 0.3) is 0 Å². The van der Waals surface area contributed by atoms with Crippen molar-refractivity contribution in [3.05, 3.63) is 0 Å². The van der Waals surface area contributed by atoms with E-state index in [1.807, 2.05) is 0 Å². The number of hydrogen-bond donors (Lipinski definition) is 1. The van der Waals surface area contributed by atoms with Crippen molar-refractivity contribution < 1.29 is 0 Å². The first kappa shape index (κ1) is 16.9. The number of rotatable bonds is 8. The molecule has 2 N–H and O–H groups in total. The summed E-state index contributed by atoms with van der Waals surface area (Å²) < 4.78 is 0. The SMILES string of the molecule is CCN(C(C)C)C(CN)(CC(C)C)CC(C)C. The van der Waals surface area contributed by atoms with Crippen molar-refractivity contribution in [1.82, 2.24) is 4.90 Å². The highest BCUT2D eigenvalue weighted by Gasteiger charge is 2.37. The van der Waals surface area contributed by atoms with Crippen LogP contribution in [0.4, 0.5) is 0 Å². The lowest BCUT2D eigenvalue weighted by Crippen LogP contribution is -2.57. The van der Waals surface area contributed by atoms with E-state index in [1.165, 1.54) is 12.8 Å². The summed E-state index contributed by atoms with van der Waals surface area (Å²) in [5.41, 5.74) is 6.36. The Balaban J connectivity index is 5.13. The van der Waals surface area contributed by atoms with Gasteiger partial charge in [0, 0.05) is 18.1 Å². The Kier molecular flexibility index (Phi) is 7.34. The van der Waals surface area contributed by atoms with Gasteiger partial charge in [-0.2, -0.15) is 0 Å². The molecule has 0 aliphatic rings. The lowest BCUT2D eigenvalue weighted by molar-refractivity contribution is 0.0316. The molecule has 2 heteroatoms. The van der Waals surface area contributed by atoms with Gasteiger partial charge in [0.05, 0.1) is 0 Å². The molecule has 0 aromatic heterocycles. The van der Waals surface area contributed by atoms with Gasteiger partial charge in [0.2, 0.25) is 0 Å². The maximum atomic E-state index is 6.18. The third-order valence-corrected chi connectivity index (χ3v) is 3.53. The molecule has 0 aliphatic heterocycles. The zero-order valence-corrected chi connectivity index (χ0v) is 13.1. The third-order valence-electron chi connectivity index (χ3n) is 3.53. The summed E-state index contributed by atoms with van der Waals surface area (Å²) >= 11 is 0. The Labute approximate surface area is 109 Å². The molecule has 0 amide bonds. The lowest BCUT2D eigenvalue weighted by Gasteiger charge is -2.47. The summed E-state index contributed by atoms with van der Waals surface area (Å²) in [6.45, 7) is 17.9. The molecule has 0 heterocycles. The van der Waals surface area contributed by atoms with E-state index in [4.69, 9.17) is 5.73 Å². The number of nitrogens with two attached hydrogens (primary N) is 1. The zero-order valence-electron chi connectivity index (χ0n) is 13.1. The molecule has 0 fully saturated rings. The van der Waals surface area contributed by atoms with Gasteiger partial charge in [-0.25, -0.2) is 0 Å². The summed E-state index contributed by atoms with van der Waals surface area (Å²) in [6.07, 6.45) is 2.40. The van der Waals surface area contributed by atoms with Gasteiger partial charge in [0.1, 0.15) is 0 Å². The largest absolute Gasteiger partial charge is 0.329 e. The fourth-order valence-corrected chi connectivity index (χ4v) is 3.37. The van der Waals surface area contributed by atoms with Gasteiger partial charge in [-0.3, -0.25) is 4.90 Å². The van der Waals surface area contributed by atoms with Crippen LogP contribution in [0.15, 0.2) is 0 Å². The molecule has 0 aliphatic carbocycles. The Bertz CT molecular complexity index is 187. The molecule has 0 bridgehead atoms. The molecule has 0 aromatic carbocycles. The summed E-state index contributed by atoms with van der Waals surface area (Å²) in [5, 5.41) is 0. The van der Waals surface area contributed by atoms with Crippen LogP contribution in [0.2, 0.25) is 0 Å². The highest BCUT2D eigenvalue weighted by atomic mass is 15.2. The summed E-state index contributed by atoms with van der Waals surface area (Å²) in [5.74, 6) is 1.40. The van der Waals surface area contributed by atoms with Crippen LogP contribution >= 0.6 is 0 Å². The molecule has 0 unspecified atom stereocenters. The van der Waals surface area contributed by atoms with Crippen molar-refractivity contribution in [3.63, 3.8) is 0 Å². The number of likely N-dealkylation sites (N-methyl/N-ethyl adjacent to an activating group) is 1. The molecule has 0 aromatic rings. The van der Waals surface area contributed by atoms with Gasteiger partial charge < -0.3 is 5.73 Å². The Morgan fingerprint density at radius 3 is 1.53 bits per heavy atom. The van der Waals surface area contributed by atoms with Crippen molar-refractivity contribution in [2.75, 3.05) is 13.1 Å². The van der Waals surface area contributed by atoms with Crippen LogP contribution in [0.3, 0.4) is 0 Å². The van der Waals surface area contributed by atoms with Crippen LogP contribution in [0.5, 0.6) is 0 Å². The molecule has 0 rings (SSSR count). The molecular weight excluding hydrogens is 208 g/mol. The lowest BCUT2D eigenvalue weighted by atomic mass is 9.79. The Morgan fingerprint density at radius 1 is 0.941 bits per heavy atom. The maximum Gasteiger partial charge on any atom is 0.0339 e. The highest BCUT2D eigenvalue weighted by Crippen LogP contribution is 2.31. The fourth-order valence-electron chi connectivity index (χ4n) is 3.37. The summed E-state index contributed by atoms with van der Waals surface area (Å²) in [7, 11) is 0. The van der Waals surface area contributed by atoms with Crippen LogP contribution in [-0.2, 0) is 0 Å². The predicted octanol–water partition coefficient (Wildman–Crippen LogP) is 3.51. The standard InChI is InChI=1S/C15H34N2/c1-8-17(14(6)7)15(11-16,9-12(2)3)10-13(4)5/h12-14H,8-11,16H2,1-7H3. The van der Waals surface area contributed by atoms with Crippen molar-refractivity contribution >= 4 is 0 Å². The zero-order chi connectivity index (χ0) is 13.6. The predicted molar refractivity (Wildman–Crippen MR) is 78.2 cm³/mol. The second-order valence-corrected chi connectivity index (χ2v) is 6.50. The molecule has 0 radical (unpaired) electrons. The van der Waals surface area contributed by atoms with Crippen LogP contribution in [0.1, 0.15) is 61.3 Å². The van der Waals surface area contributed by atoms with Crippen LogP contribution in [-0.4, -0.2) is 29.6 Å². The summed E-state index contributed by atoms with van der Waals surface area (Å²) in [6, 6.07) is 0.570. The molecule has 104 valence electrons. The van der Waals surface area contributed by atoms with Crippen molar-refractivity contribution in [1.29, 1.82) is 0 Å². The van der Waals surface area contributed by atoms with Crippen LogP contribution < -0.4 is 5.73 Å². The maximum absolute atomic E-state index is 6.18. The van der Waals surface area contributed by atoms with E-state index in [1.54, 1.807) is 0 Å². The normalized spacial score (nSPS) is 13.4. The van der Waals surface area contributed by atoms with Gasteiger partial charge >= 0.3 is 0 Å². The van der Waals surface area contributed by atoms with Crippen molar-refractivity contribution in [2.45, 2.75) is 72.9 Å². The van der Waals surface area contributed by atoms with Crippen molar-refractivity contribution in [2.24, 2.45) is 17.6 Å². The average Bonchev–Trinajstić information content (AvgIpc) is 2.15. The molecule has 17 heavy (non-hydrogen) atoms. The minimum Gasteiger partial charge on any atom is -0.329 e. The van der Waals surface area contributed by atoms with Crippen LogP contribution in [0.25, 0.3) is 0 Å². The van der Waals surface area contributed by atoms with Gasteiger partial charge in [-0.15, -0.1) is 0 Å². The Morgan fingerprint density at radius 2 is 1.35 bits per heavy atom. The molecule has 0 saturated carbocycles. The van der Waals surface area contributed by atoms with Crippen LogP contribution in [0, 0.1) is 11.8 Å². The molecule has 2 nitrogen and oxygen atoms in total. The van der Waals surface area contributed by atoms with Gasteiger partial charge in [-0.1, -0.05) is 34.6 Å². The first-order valence-corrected chi connectivity index (χ1v) is 7.25. The number of nitrogens with zero attached hydrogens (tertiary/aromatic N) is 1. The van der Waals surface area contributed by atoms with Gasteiger partial charge in [0.15, 0.2) is 0 Å². The minimum atomic E-state index is 0.186. The van der Waals surface area contributed by atoms with E-state index in [9.17, 15) is 0 Å². The molecule has 0 atom stereocenters. The first-order valence-electron chi connectivity index (χ1n) is 7.25. The van der Waals surface area contributed by atoms with Crippen molar-refractivity contribution in [3.8, 4) is 0 Å². The van der Waals surface area contributed by atoms with E-state index >= 15 is 0 Å². The molecule has 0 saturated heterocycles. The Hall–Kier alpha value is -0.0800. The second-order valence-electron chi connectivity index (χ2n) is 6.50. The minimum absolute atomic E-state index is 0.186. The van der Waals surface area contributed by atoms with E-state index in [2.05, 4.69) is 53.4 Å². The van der Waals surface area contributed by atoms with Gasteiger partial charge in [-0.05, 0) is 45.1 Å². The number of hydrogen-bond acceptors (Lipinski definition) is 2. The second kappa shape index (κ2) is 7.38. The van der Waals surface area contributed by atoms with E-state index in [0.29, 0.717) is 17.9 Å². The average molecular weight is 242 g/mol. The molecular formula is C15H34N2. The van der Waals surface area contributed by atoms with E-state index < -0.39 is 0 Å². The molecule has 0 spiro atoms. The summed E-state index contributed by atoms with van der Waals surface area (Å²) in [4.78, 5) is 2.60. The highest BCUT2D eigenvalue weighted by molar-refractivity contribution is 4.94. The quantitative estimate of drug-likeness (QED) is 0.706. The monoisotopic (exact) mass is 242 g/mol.